The zero-order chi connectivity index (χ0) is 26.3. The molecule has 0 saturated carbocycles. The third-order valence-corrected chi connectivity index (χ3v) is 5.95. The molecule has 10 atom stereocenters. The highest BCUT2D eigenvalue weighted by Gasteiger charge is 2.46. The van der Waals surface area contributed by atoms with Crippen molar-refractivity contribution in [1.82, 2.24) is 0 Å². The molecule has 36 heavy (non-hydrogen) atoms. The molecule has 2 aromatic rings. The molecule has 9 N–H and O–H groups in total. The van der Waals surface area contributed by atoms with Gasteiger partial charge in [-0.15, -0.1) is 0 Å². The Morgan fingerprint density at radius 2 is 1.19 bits per heavy atom. The van der Waals surface area contributed by atoms with E-state index in [-0.39, 0.29) is 16.7 Å². The monoisotopic (exact) mass is 518 g/mol. The molecule has 1 aromatic carbocycles. The number of aliphatic hydroxyl groups is 8. The molecule has 15 nitrogen and oxygen atoms in total. The van der Waals surface area contributed by atoms with Crippen LogP contribution < -0.4 is 15.1 Å². The molecule has 2 aliphatic rings. The summed E-state index contributed by atoms with van der Waals surface area (Å²) in [6.07, 6.45) is -16.3. The van der Waals surface area contributed by atoms with Crippen LogP contribution in [-0.4, -0.2) is 121 Å². The number of phenols is 1. The van der Waals surface area contributed by atoms with Gasteiger partial charge in [-0.05, 0) is 0 Å². The van der Waals surface area contributed by atoms with Crippen LogP contribution in [0, 0.1) is 0 Å². The minimum absolute atomic E-state index is 0.0241. The molecule has 2 aliphatic heterocycles. The van der Waals surface area contributed by atoms with Crippen molar-refractivity contribution >= 4 is 11.0 Å². The van der Waals surface area contributed by atoms with E-state index in [1.807, 2.05) is 0 Å². The number of hydrogen-bond acceptors (Lipinski definition) is 15. The second-order valence-electron chi connectivity index (χ2n) is 8.38. The number of hydrogen-bond donors (Lipinski definition) is 9. The fourth-order valence-electron chi connectivity index (χ4n) is 3.91. The van der Waals surface area contributed by atoms with E-state index in [2.05, 4.69) is 0 Å². The van der Waals surface area contributed by atoms with Gasteiger partial charge in [0.25, 0.3) is 0 Å². The molecular formula is C21H26O15. The van der Waals surface area contributed by atoms with Crippen molar-refractivity contribution < 1.29 is 69.3 Å². The standard InChI is InChI=1S/C21H26O15/c22-4-11-13(25)15(27)17(29)20(35-11)33-9-2-6(24)1-8-7(9)3-10(19(31)32-8)34-21-18(30)16(28)14(26)12(5-23)36-21/h1-3,11-18,20-30H,4-5H2. The van der Waals surface area contributed by atoms with Crippen LogP contribution in [0.5, 0.6) is 17.2 Å². The Balaban J connectivity index is 1.66. The van der Waals surface area contributed by atoms with Gasteiger partial charge in [-0.1, -0.05) is 0 Å². The van der Waals surface area contributed by atoms with E-state index in [1.54, 1.807) is 0 Å². The van der Waals surface area contributed by atoms with Crippen LogP contribution in [0.3, 0.4) is 0 Å². The zero-order valence-corrected chi connectivity index (χ0v) is 18.4. The van der Waals surface area contributed by atoms with Gasteiger partial charge in [-0.2, -0.15) is 0 Å². The minimum atomic E-state index is -1.82. The molecule has 2 fully saturated rings. The molecule has 4 rings (SSSR count). The molecule has 200 valence electrons. The highest BCUT2D eigenvalue weighted by molar-refractivity contribution is 5.86. The second-order valence-corrected chi connectivity index (χ2v) is 8.38. The summed E-state index contributed by atoms with van der Waals surface area (Å²) in [5.41, 5.74) is -1.30. The Hall–Kier alpha value is -2.57. The van der Waals surface area contributed by atoms with Crippen molar-refractivity contribution in [2.45, 2.75) is 61.4 Å². The van der Waals surface area contributed by atoms with Gasteiger partial charge in [0.2, 0.25) is 18.3 Å². The molecule has 15 heteroatoms. The van der Waals surface area contributed by atoms with Crippen LogP contribution in [-0.2, 0) is 9.47 Å². The van der Waals surface area contributed by atoms with Crippen molar-refractivity contribution in [2.75, 3.05) is 13.2 Å². The lowest BCUT2D eigenvalue weighted by Gasteiger charge is -2.39. The van der Waals surface area contributed by atoms with Gasteiger partial charge in [0.05, 0.1) is 18.6 Å². The van der Waals surface area contributed by atoms with Gasteiger partial charge in [0.15, 0.2) is 0 Å². The fraction of sp³-hybridized carbons (Fsp3) is 0.571. The lowest BCUT2D eigenvalue weighted by atomic mass is 9.99. The highest BCUT2D eigenvalue weighted by Crippen LogP contribution is 2.35. The first-order chi connectivity index (χ1) is 17.0. The van der Waals surface area contributed by atoms with E-state index in [9.17, 15) is 50.8 Å². The molecule has 0 radical (unpaired) electrons. The number of rotatable bonds is 6. The van der Waals surface area contributed by atoms with Crippen LogP contribution in [0.1, 0.15) is 0 Å². The lowest BCUT2D eigenvalue weighted by Crippen LogP contribution is -2.60. The third kappa shape index (κ3) is 4.85. The Kier molecular flexibility index (Phi) is 7.67. The van der Waals surface area contributed by atoms with Crippen LogP contribution in [0.4, 0.5) is 0 Å². The highest BCUT2D eigenvalue weighted by atomic mass is 16.7. The topological polar surface area (TPSA) is 249 Å². The van der Waals surface area contributed by atoms with E-state index in [4.69, 9.17) is 23.4 Å². The summed E-state index contributed by atoms with van der Waals surface area (Å²) in [7, 11) is 0. The average molecular weight is 518 g/mol. The minimum Gasteiger partial charge on any atom is -0.508 e. The maximum absolute atomic E-state index is 12.5. The Morgan fingerprint density at radius 3 is 1.69 bits per heavy atom. The molecule has 1 aromatic heterocycles. The predicted octanol–water partition coefficient (Wildman–Crippen LogP) is -4.14. The normalized spacial score (nSPS) is 37.1. The number of ether oxygens (including phenoxy) is 4. The van der Waals surface area contributed by atoms with Crippen LogP contribution in [0.15, 0.2) is 27.4 Å². The maximum atomic E-state index is 12.5. The summed E-state index contributed by atoms with van der Waals surface area (Å²) in [5, 5.41) is 88.9. The smallest absolute Gasteiger partial charge is 0.379 e. The molecule has 0 amide bonds. The Labute approximate surface area is 201 Å². The van der Waals surface area contributed by atoms with Gasteiger partial charge in [-0.25, -0.2) is 4.79 Å². The summed E-state index contributed by atoms with van der Waals surface area (Å²) in [4.78, 5) is 12.5. The van der Waals surface area contributed by atoms with Crippen molar-refractivity contribution in [3.63, 3.8) is 0 Å². The van der Waals surface area contributed by atoms with Gasteiger partial charge in [0, 0.05) is 18.2 Å². The van der Waals surface area contributed by atoms with E-state index in [0.717, 1.165) is 18.2 Å². The van der Waals surface area contributed by atoms with Gasteiger partial charge < -0.3 is 69.3 Å². The van der Waals surface area contributed by atoms with Crippen LogP contribution >= 0.6 is 0 Å². The number of aliphatic hydroxyl groups excluding tert-OH is 8. The lowest BCUT2D eigenvalue weighted by molar-refractivity contribution is -0.278. The average Bonchev–Trinajstić information content (AvgIpc) is 2.85. The molecule has 0 bridgehead atoms. The zero-order valence-electron chi connectivity index (χ0n) is 18.4. The van der Waals surface area contributed by atoms with Gasteiger partial charge in [0.1, 0.15) is 65.9 Å². The summed E-state index contributed by atoms with van der Waals surface area (Å²) >= 11 is 0. The van der Waals surface area contributed by atoms with Crippen LogP contribution in [0.25, 0.3) is 11.0 Å². The number of aromatic hydroxyl groups is 1. The van der Waals surface area contributed by atoms with Crippen molar-refractivity contribution in [2.24, 2.45) is 0 Å². The Bertz CT molecular complexity index is 1120. The third-order valence-electron chi connectivity index (χ3n) is 5.95. The first kappa shape index (κ1) is 26.5. The van der Waals surface area contributed by atoms with Gasteiger partial charge in [-0.3, -0.25) is 0 Å². The summed E-state index contributed by atoms with van der Waals surface area (Å²) in [6, 6.07) is 3.19. The number of fused-ring (bicyclic) bond motifs is 1. The van der Waals surface area contributed by atoms with E-state index in [0.29, 0.717) is 0 Å². The molecule has 0 aliphatic carbocycles. The fourth-order valence-corrected chi connectivity index (χ4v) is 3.91. The summed E-state index contributed by atoms with van der Waals surface area (Å²) in [5.74, 6) is -1.22. The van der Waals surface area contributed by atoms with Crippen LogP contribution in [0.2, 0.25) is 0 Å². The van der Waals surface area contributed by atoms with Gasteiger partial charge >= 0.3 is 5.63 Å². The maximum Gasteiger partial charge on any atom is 0.379 e. The van der Waals surface area contributed by atoms with Crippen molar-refractivity contribution in [3.05, 3.63) is 28.6 Å². The SMILES string of the molecule is O=c1oc2cc(O)cc(OC3OC(CO)C(O)C(O)C3O)c2cc1OC1OC(CO)C(O)C(O)C1O. The first-order valence-electron chi connectivity index (χ1n) is 10.8. The van der Waals surface area contributed by atoms with Crippen molar-refractivity contribution in [3.8, 4) is 17.2 Å². The predicted molar refractivity (Wildman–Crippen MR) is 113 cm³/mol. The van der Waals surface area contributed by atoms with E-state index >= 15 is 0 Å². The summed E-state index contributed by atoms with van der Waals surface area (Å²) < 4.78 is 26.6. The second kappa shape index (κ2) is 10.4. The molecular weight excluding hydrogens is 492 g/mol. The van der Waals surface area contributed by atoms with Crippen molar-refractivity contribution in [1.29, 1.82) is 0 Å². The van der Waals surface area contributed by atoms with E-state index in [1.165, 1.54) is 0 Å². The Morgan fingerprint density at radius 1 is 0.694 bits per heavy atom. The summed E-state index contributed by atoms with van der Waals surface area (Å²) in [6.45, 7) is -1.44. The molecule has 2 saturated heterocycles. The molecule has 3 heterocycles. The van der Waals surface area contributed by atoms with E-state index < -0.39 is 91.8 Å². The molecule has 0 spiro atoms. The quantitative estimate of drug-likeness (QED) is 0.165. The number of benzene rings is 1. The number of phenolic OH excluding ortho intramolecular Hbond substituents is 1. The molecule has 10 unspecified atom stereocenters. The largest absolute Gasteiger partial charge is 0.508 e. The first-order valence-corrected chi connectivity index (χ1v) is 10.8.